The molecule has 1 aromatic rings. The van der Waals surface area contributed by atoms with Crippen molar-refractivity contribution in [3.63, 3.8) is 0 Å². The van der Waals surface area contributed by atoms with E-state index in [4.69, 9.17) is 21.1 Å². The molecule has 1 aromatic carbocycles. The fourth-order valence-electron chi connectivity index (χ4n) is 2.13. The average molecular weight is 320 g/mol. The van der Waals surface area contributed by atoms with Gasteiger partial charge in [-0.25, -0.2) is 8.42 Å². The van der Waals surface area contributed by atoms with Crippen molar-refractivity contribution >= 4 is 27.3 Å². The maximum Gasteiger partial charge on any atom is 0.235 e. The molecule has 2 rings (SSSR count). The average Bonchev–Trinajstić information content (AvgIpc) is 2.39. The summed E-state index contributed by atoms with van der Waals surface area (Å²) in [5.74, 6) is 0.474. The Labute approximate surface area is 124 Å². The van der Waals surface area contributed by atoms with Gasteiger partial charge in [0, 0.05) is 6.61 Å². The largest absolute Gasteiger partial charge is 0.495 e. The maximum absolute atomic E-state index is 12.1. The first-order valence-corrected chi connectivity index (χ1v) is 8.49. The Morgan fingerprint density at radius 2 is 2.25 bits per heavy atom. The number of ether oxygens (including phenoxy) is 2. The lowest BCUT2D eigenvalue weighted by molar-refractivity contribution is 0.0306. The molecule has 1 N–H and O–H groups in total. The summed E-state index contributed by atoms with van der Waals surface area (Å²) >= 11 is 5.97. The third-order valence-corrected chi connectivity index (χ3v) is 4.76. The summed E-state index contributed by atoms with van der Waals surface area (Å²) in [6.45, 7) is 0.633. The lowest BCUT2D eigenvalue weighted by Gasteiger charge is -2.22. The van der Waals surface area contributed by atoms with Crippen molar-refractivity contribution < 1.29 is 17.9 Å². The highest BCUT2D eigenvalue weighted by atomic mass is 35.5. The van der Waals surface area contributed by atoms with E-state index < -0.39 is 10.0 Å². The standard InChI is InChI=1S/C13H18ClNO4S/c1-18-13-6-5-10(8-12(13)14)15-20(16,17)9-11-4-2-3-7-19-11/h5-6,8,11,15H,2-4,7,9H2,1H3. The molecule has 0 amide bonds. The van der Waals surface area contributed by atoms with E-state index in [-0.39, 0.29) is 11.9 Å². The van der Waals surface area contributed by atoms with Crippen molar-refractivity contribution in [3.05, 3.63) is 23.2 Å². The summed E-state index contributed by atoms with van der Waals surface area (Å²) in [4.78, 5) is 0. The summed E-state index contributed by atoms with van der Waals surface area (Å²) in [5.41, 5.74) is 0.423. The Morgan fingerprint density at radius 3 is 2.85 bits per heavy atom. The van der Waals surface area contributed by atoms with Gasteiger partial charge in [0.15, 0.2) is 0 Å². The van der Waals surface area contributed by atoms with Gasteiger partial charge in [-0.05, 0) is 37.5 Å². The molecule has 0 bridgehead atoms. The molecule has 1 unspecified atom stereocenters. The van der Waals surface area contributed by atoms with Gasteiger partial charge in [-0.3, -0.25) is 4.72 Å². The quantitative estimate of drug-likeness (QED) is 0.906. The zero-order valence-electron chi connectivity index (χ0n) is 11.3. The van der Waals surface area contributed by atoms with Crippen LogP contribution in [0.3, 0.4) is 0 Å². The molecular formula is C13H18ClNO4S. The summed E-state index contributed by atoms with van der Waals surface area (Å²) < 4.78 is 37.1. The maximum atomic E-state index is 12.1. The zero-order valence-corrected chi connectivity index (χ0v) is 12.8. The molecular weight excluding hydrogens is 302 g/mol. The lowest BCUT2D eigenvalue weighted by atomic mass is 10.1. The van der Waals surface area contributed by atoms with E-state index in [1.54, 1.807) is 12.1 Å². The second-order valence-corrected chi connectivity index (χ2v) is 6.90. The molecule has 20 heavy (non-hydrogen) atoms. The SMILES string of the molecule is COc1ccc(NS(=O)(=O)CC2CCCCO2)cc1Cl. The van der Waals surface area contributed by atoms with Crippen LogP contribution in [0.15, 0.2) is 18.2 Å². The Hall–Kier alpha value is -0.980. The lowest BCUT2D eigenvalue weighted by Crippen LogP contribution is -2.30. The predicted molar refractivity (Wildman–Crippen MR) is 79.0 cm³/mol. The number of sulfonamides is 1. The van der Waals surface area contributed by atoms with Crippen molar-refractivity contribution in [1.29, 1.82) is 0 Å². The molecule has 5 nitrogen and oxygen atoms in total. The highest BCUT2D eigenvalue weighted by Crippen LogP contribution is 2.27. The highest BCUT2D eigenvalue weighted by Gasteiger charge is 2.22. The Morgan fingerprint density at radius 1 is 1.45 bits per heavy atom. The Kier molecular flexibility index (Phi) is 5.12. The van der Waals surface area contributed by atoms with E-state index in [0.717, 1.165) is 19.3 Å². The van der Waals surface area contributed by atoms with Gasteiger partial charge in [0.1, 0.15) is 5.75 Å². The van der Waals surface area contributed by atoms with Crippen LogP contribution in [0.5, 0.6) is 5.75 Å². The number of rotatable bonds is 5. The molecule has 0 saturated carbocycles. The van der Waals surface area contributed by atoms with Crippen LogP contribution in [0.25, 0.3) is 0 Å². The Balaban J connectivity index is 2.02. The minimum Gasteiger partial charge on any atom is -0.495 e. The van der Waals surface area contributed by atoms with E-state index in [9.17, 15) is 8.42 Å². The van der Waals surface area contributed by atoms with Crippen LogP contribution in [-0.2, 0) is 14.8 Å². The molecule has 1 aliphatic rings. The van der Waals surface area contributed by atoms with Gasteiger partial charge in [0.05, 0.1) is 29.7 Å². The number of hydrogen-bond acceptors (Lipinski definition) is 4. The fraction of sp³-hybridized carbons (Fsp3) is 0.538. The summed E-state index contributed by atoms with van der Waals surface area (Å²) in [7, 11) is -1.94. The minimum atomic E-state index is -3.45. The summed E-state index contributed by atoms with van der Waals surface area (Å²) in [6.07, 6.45) is 2.56. The van der Waals surface area contributed by atoms with Gasteiger partial charge in [0.25, 0.3) is 0 Å². The number of methoxy groups -OCH3 is 1. The molecule has 1 atom stereocenters. The second kappa shape index (κ2) is 6.65. The van der Waals surface area contributed by atoms with Crippen LogP contribution in [0.4, 0.5) is 5.69 Å². The van der Waals surface area contributed by atoms with Crippen molar-refractivity contribution in [3.8, 4) is 5.75 Å². The van der Waals surface area contributed by atoms with E-state index in [2.05, 4.69) is 4.72 Å². The van der Waals surface area contributed by atoms with Crippen LogP contribution in [-0.4, -0.2) is 34.0 Å². The van der Waals surface area contributed by atoms with Crippen molar-refractivity contribution in [2.75, 3.05) is 24.2 Å². The molecule has 1 saturated heterocycles. The van der Waals surface area contributed by atoms with Gasteiger partial charge >= 0.3 is 0 Å². The smallest absolute Gasteiger partial charge is 0.235 e. The van der Waals surface area contributed by atoms with Crippen LogP contribution in [0, 0.1) is 0 Å². The molecule has 7 heteroatoms. The first kappa shape index (κ1) is 15.4. The van der Waals surface area contributed by atoms with E-state index >= 15 is 0 Å². The summed E-state index contributed by atoms with van der Waals surface area (Å²) in [6, 6.07) is 4.76. The monoisotopic (exact) mass is 319 g/mol. The molecule has 0 spiro atoms. The molecule has 0 aromatic heterocycles. The minimum absolute atomic E-state index is 0.0311. The Bertz CT molecular complexity index is 555. The summed E-state index contributed by atoms with van der Waals surface area (Å²) in [5, 5.41) is 0.363. The third kappa shape index (κ3) is 4.26. The normalized spacial score (nSPS) is 19.6. The molecule has 0 radical (unpaired) electrons. The third-order valence-electron chi connectivity index (χ3n) is 3.10. The number of nitrogens with one attached hydrogen (secondary N) is 1. The first-order chi connectivity index (χ1) is 9.50. The number of hydrogen-bond donors (Lipinski definition) is 1. The highest BCUT2D eigenvalue weighted by molar-refractivity contribution is 7.92. The first-order valence-electron chi connectivity index (χ1n) is 6.46. The van der Waals surface area contributed by atoms with Crippen molar-refractivity contribution in [2.45, 2.75) is 25.4 Å². The zero-order chi connectivity index (χ0) is 14.6. The van der Waals surface area contributed by atoms with Gasteiger partial charge in [-0.15, -0.1) is 0 Å². The van der Waals surface area contributed by atoms with Gasteiger partial charge in [-0.2, -0.15) is 0 Å². The molecule has 1 aliphatic heterocycles. The predicted octanol–water partition coefficient (Wildman–Crippen LogP) is 2.66. The van der Waals surface area contributed by atoms with Crippen molar-refractivity contribution in [2.24, 2.45) is 0 Å². The van der Waals surface area contributed by atoms with Gasteiger partial charge < -0.3 is 9.47 Å². The van der Waals surface area contributed by atoms with E-state index in [1.807, 2.05) is 0 Å². The number of halogens is 1. The van der Waals surface area contributed by atoms with E-state index in [0.29, 0.717) is 23.1 Å². The molecule has 1 heterocycles. The molecule has 0 aliphatic carbocycles. The molecule has 112 valence electrons. The fourth-order valence-corrected chi connectivity index (χ4v) is 3.71. The van der Waals surface area contributed by atoms with Gasteiger partial charge in [-0.1, -0.05) is 11.6 Å². The number of anilines is 1. The van der Waals surface area contributed by atoms with Crippen LogP contribution >= 0.6 is 11.6 Å². The molecule has 1 fully saturated rings. The van der Waals surface area contributed by atoms with E-state index in [1.165, 1.54) is 13.2 Å². The van der Waals surface area contributed by atoms with Crippen LogP contribution in [0.2, 0.25) is 5.02 Å². The van der Waals surface area contributed by atoms with Crippen molar-refractivity contribution in [1.82, 2.24) is 0 Å². The second-order valence-electron chi connectivity index (χ2n) is 4.72. The van der Waals surface area contributed by atoms with Crippen LogP contribution in [0.1, 0.15) is 19.3 Å². The van der Waals surface area contributed by atoms with Gasteiger partial charge in [0.2, 0.25) is 10.0 Å². The number of benzene rings is 1. The topological polar surface area (TPSA) is 64.6 Å². The van der Waals surface area contributed by atoms with Crippen LogP contribution < -0.4 is 9.46 Å².